The molecule has 0 unspecified atom stereocenters. The van der Waals surface area contributed by atoms with Crippen molar-refractivity contribution in [3.63, 3.8) is 0 Å². The van der Waals surface area contributed by atoms with Crippen LogP contribution < -0.4 is 0 Å². The average molecular weight is 294 g/mol. The number of piperazine rings is 2. The van der Waals surface area contributed by atoms with Crippen LogP contribution in [0, 0.1) is 5.92 Å². The molecule has 2 saturated heterocycles. The average Bonchev–Trinajstić information content (AvgIpc) is 2.44. The van der Waals surface area contributed by atoms with Gasteiger partial charge in [-0.2, -0.15) is 0 Å². The molecular formula is C16H30N4O. The van der Waals surface area contributed by atoms with E-state index in [0.29, 0.717) is 0 Å². The third kappa shape index (κ3) is 3.76. The Morgan fingerprint density at radius 2 is 1.57 bits per heavy atom. The first kappa shape index (κ1) is 15.3. The second kappa shape index (κ2) is 6.63. The van der Waals surface area contributed by atoms with Crippen molar-refractivity contribution in [2.45, 2.75) is 25.8 Å². The maximum absolute atomic E-state index is 11.3. The van der Waals surface area contributed by atoms with Gasteiger partial charge < -0.3 is 9.80 Å². The number of nitrogens with zero attached hydrogens (tertiary/aromatic N) is 4. The molecule has 0 aromatic heterocycles. The minimum absolute atomic E-state index is 0.230. The molecule has 120 valence electrons. The van der Waals surface area contributed by atoms with Gasteiger partial charge in [0.25, 0.3) is 0 Å². The van der Waals surface area contributed by atoms with Gasteiger partial charge in [0.2, 0.25) is 5.91 Å². The molecule has 0 bridgehead atoms. The minimum Gasteiger partial charge on any atom is -0.340 e. The highest BCUT2D eigenvalue weighted by atomic mass is 16.2. The molecule has 0 N–H and O–H groups in total. The van der Waals surface area contributed by atoms with Crippen molar-refractivity contribution in [2.24, 2.45) is 5.92 Å². The van der Waals surface area contributed by atoms with E-state index in [-0.39, 0.29) is 5.91 Å². The van der Waals surface area contributed by atoms with Crippen LogP contribution in [0.25, 0.3) is 0 Å². The van der Waals surface area contributed by atoms with Gasteiger partial charge in [0.05, 0.1) is 0 Å². The lowest BCUT2D eigenvalue weighted by molar-refractivity contribution is -0.130. The Balaban J connectivity index is 1.33. The van der Waals surface area contributed by atoms with Gasteiger partial charge in [-0.25, -0.2) is 0 Å². The molecule has 2 aliphatic heterocycles. The van der Waals surface area contributed by atoms with Gasteiger partial charge in [0, 0.05) is 71.9 Å². The van der Waals surface area contributed by atoms with Crippen LogP contribution in [0.4, 0.5) is 0 Å². The second-order valence-corrected chi connectivity index (χ2v) is 7.14. The fourth-order valence-electron chi connectivity index (χ4n) is 3.95. The highest BCUT2D eigenvalue weighted by molar-refractivity contribution is 5.73. The zero-order valence-corrected chi connectivity index (χ0v) is 13.6. The summed E-state index contributed by atoms with van der Waals surface area (Å²) in [6.07, 6.45) is 2.77. The predicted molar refractivity (Wildman–Crippen MR) is 84.3 cm³/mol. The van der Waals surface area contributed by atoms with Crippen molar-refractivity contribution >= 4 is 5.91 Å². The molecule has 3 aliphatic rings. The lowest BCUT2D eigenvalue weighted by atomic mass is 9.78. The first-order valence-corrected chi connectivity index (χ1v) is 8.52. The second-order valence-electron chi connectivity index (χ2n) is 7.14. The van der Waals surface area contributed by atoms with Crippen LogP contribution in [0.3, 0.4) is 0 Å². The molecule has 0 aromatic carbocycles. The molecule has 0 spiro atoms. The van der Waals surface area contributed by atoms with Gasteiger partial charge in [-0.15, -0.1) is 0 Å². The topological polar surface area (TPSA) is 30.0 Å². The molecule has 5 nitrogen and oxygen atoms in total. The third-order valence-electron chi connectivity index (χ3n) is 5.60. The van der Waals surface area contributed by atoms with Gasteiger partial charge >= 0.3 is 0 Å². The van der Waals surface area contributed by atoms with Crippen molar-refractivity contribution in [3.05, 3.63) is 0 Å². The van der Waals surface area contributed by atoms with Gasteiger partial charge in [-0.1, -0.05) is 0 Å². The molecule has 0 atom stereocenters. The van der Waals surface area contributed by atoms with Gasteiger partial charge in [-0.05, 0) is 25.8 Å². The van der Waals surface area contributed by atoms with Crippen molar-refractivity contribution in [2.75, 3.05) is 66.0 Å². The summed E-state index contributed by atoms with van der Waals surface area (Å²) in [7, 11) is 2.22. The maximum atomic E-state index is 11.3. The fourth-order valence-corrected chi connectivity index (χ4v) is 3.95. The van der Waals surface area contributed by atoms with Crippen LogP contribution in [-0.4, -0.2) is 97.5 Å². The molecule has 3 fully saturated rings. The van der Waals surface area contributed by atoms with Gasteiger partial charge in [0.1, 0.15) is 0 Å². The molecule has 1 amide bonds. The summed E-state index contributed by atoms with van der Waals surface area (Å²) in [5.74, 6) is 1.12. The highest BCUT2D eigenvalue weighted by Gasteiger charge is 2.35. The zero-order valence-electron chi connectivity index (χ0n) is 13.6. The van der Waals surface area contributed by atoms with Crippen molar-refractivity contribution in [1.82, 2.24) is 19.6 Å². The van der Waals surface area contributed by atoms with E-state index in [0.717, 1.165) is 38.1 Å². The van der Waals surface area contributed by atoms with Gasteiger partial charge in [-0.3, -0.25) is 14.6 Å². The standard InChI is InChI=1S/C16H30N4O/c1-14(21)19-9-5-18(6-10-19)13-15-11-16(12-15)20-7-3-17(2)4-8-20/h15-16H,3-13H2,1-2H3. The number of carbonyl (C=O) groups excluding carboxylic acids is 1. The monoisotopic (exact) mass is 294 g/mol. The van der Waals surface area contributed by atoms with Crippen LogP contribution in [-0.2, 0) is 4.79 Å². The Morgan fingerprint density at radius 1 is 0.952 bits per heavy atom. The van der Waals surface area contributed by atoms with Crippen LogP contribution in [0.5, 0.6) is 0 Å². The highest BCUT2D eigenvalue weighted by Crippen LogP contribution is 2.33. The Morgan fingerprint density at radius 3 is 2.14 bits per heavy atom. The largest absolute Gasteiger partial charge is 0.340 e. The number of rotatable bonds is 3. The van der Waals surface area contributed by atoms with E-state index in [1.165, 1.54) is 45.6 Å². The molecule has 2 heterocycles. The zero-order chi connectivity index (χ0) is 14.8. The molecule has 0 radical (unpaired) electrons. The Hall–Kier alpha value is -0.650. The third-order valence-corrected chi connectivity index (χ3v) is 5.60. The van der Waals surface area contributed by atoms with E-state index in [1.807, 2.05) is 4.90 Å². The number of amides is 1. The van der Waals surface area contributed by atoms with E-state index < -0.39 is 0 Å². The van der Waals surface area contributed by atoms with E-state index in [9.17, 15) is 4.79 Å². The Labute approximate surface area is 128 Å². The number of likely N-dealkylation sites (N-methyl/N-ethyl adjacent to an activating group) is 1. The Kier molecular flexibility index (Phi) is 4.82. The molecule has 5 heteroatoms. The summed E-state index contributed by atoms with van der Waals surface area (Å²) >= 11 is 0. The lowest BCUT2D eigenvalue weighted by Gasteiger charge is -2.47. The first-order chi connectivity index (χ1) is 10.1. The van der Waals surface area contributed by atoms with Crippen molar-refractivity contribution in [1.29, 1.82) is 0 Å². The molecule has 21 heavy (non-hydrogen) atoms. The molecule has 3 rings (SSSR count). The van der Waals surface area contributed by atoms with Crippen LogP contribution in [0.15, 0.2) is 0 Å². The molecule has 1 saturated carbocycles. The van der Waals surface area contributed by atoms with Crippen LogP contribution in [0.1, 0.15) is 19.8 Å². The molecule has 1 aliphatic carbocycles. The smallest absolute Gasteiger partial charge is 0.219 e. The normalized spacial score (nSPS) is 33.0. The summed E-state index contributed by atoms with van der Waals surface area (Å²) in [6.45, 7) is 11.9. The SMILES string of the molecule is CC(=O)N1CCN(CC2CC(N3CCN(C)CC3)C2)CC1. The molecular weight excluding hydrogens is 264 g/mol. The van der Waals surface area contributed by atoms with Crippen LogP contribution >= 0.6 is 0 Å². The minimum atomic E-state index is 0.230. The first-order valence-electron chi connectivity index (χ1n) is 8.52. The predicted octanol–water partition coefficient (Wildman–Crippen LogP) is 0.177. The maximum Gasteiger partial charge on any atom is 0.219 e. The number of carbonyl (C=O) groups is 1. The summed E-state index contributed by atoms with van der Waals surface area (Å²) in [5, 5.41) is 0. The van der Waals surface area contributed by atoms with Gasteiger partial charge in [0.15, 0.2) is 0 Å². The quantitative estimate of drug-likeness (QED) is 0.743. The number of hydrogen-bond donors (Lipinski definition) is 0. The summed E-state index contributed by atoms with van der Waals surface area (Å²) in [6, 6.07) is 0.849. The fraction of sp³-hybridized carbons (Fsp3) is 0.938. The van der Waals surface area contributed by atoms with Crippen molar-refractivity contribution in [3.8, 4) is 0 Å². The van der Waals surface area contributed by atoms with E-state index >= 15 is 0 Å². The lowest BCUT2D eigenvalue weighted by Crippen LogP contribution is -2.55. The van der Waals surface area contributed by atoms with E-state index in [4.69, 9.17) is 0 Å². The summed E-state index contributed by atoms with van der Waals surface area (Å²) in [4.78, 5) is 21.0. The summed E-state index contributed by atoms with van der Waals surface area (Å²) < 4.78 is 0. The van der Waals surface area contributed by atoms with E-state index in [1.54, 1.807) is 6.92 Å². The van der Waals surface area contributed by atoms with E-state index in [2.05, 4.69) is 21.7 Å². The summed E-state index contributed by atoms with van der Waals surface area (Å²) in [5.41, 5.74) is 0. The molecule has 0 aromatic rings. The van der Waals surface area contributed by atoms with Crippen molar-refractivity contribution < 1.29 is 4.79 Å². The Bertz CT molecular complexity index is 353. The van der Waals surface area contributed by atoms with Crippen LogP contribution in [0.2, 0.25) is 0 Å². The number of hydrogen-bond acceptors (Lipinski definition) is 4.